The van der Waals surface area contributed by atoms with Gasteiger partial charge >= 0.3 is 0 Å². The molecule has 1 aromatic rings. The molecule has 1 atom stereocenters. The number of carbonyl (C=O) groups is 2. The van der Waals surface area contributed by atoms with Crippen molar-refractivity contribution in [3.05, 3.63) is 29.5 Å². The Morgan fingerprint density at radius 2 is 1.88 bits per heavy atom. The Balaban J connectivity index is 1.96. The molecule has 0 radical (unpaired) electrons. The van der Waals surface area contributed by atoms with Crippen molar-refractivity contribution >= 4 is 17.4 Å². The van der Waals surface area contributed by atoms with Crippen molar-refractivity contribution < 1.29 is 28.9 Å². The lowest BCUT2D eigenvalue weighted by Gasteiger charge is -2.34. The molecule has 8 heteroatoms. The van der Waals surface area contributed by atoms with Gasteiger partial charge in [-0.3, -0.25) is 14.5 Å². The molecular weight excluding hydrogens is 412 g/mol. The third kappa shape index (κ3) is 5.07. The Labute approximate surface area is 189 Å². The van der Waals surface area contributed by atoms with Gasteiger partial charge in [0.05, 0.1) is 25.9 Å². The van der Waals surface area contributed by atoms with E-state index in [1.165, 1.54) is 12.0 Å². The molecule has 176 valence electrons. The summed E-state index contributed by atoms with van der Waals surface area (Å²) in [5, 5.41) is 9.67. The first-order valence-electron chi connectivity index (χ1n) is 11.2. The maximum Gasteiger partial charge on any atom is 0.277 e. The van der Waals surface area contributed by atoms with Crippen LogP contribution in [0.1, 0.15) is 38.7 Å². The van der Waals surface area contributed by atoms with E-state index in [1.807, 2.05) is 18.7 Å². The van der Waals surface area contributed by atoms with Crippen LogP contribution < -0.4 is 9.47 Å². The number of methoxy groups -OCH3 is 2. The Morgan fingerprint density at radius 3 is 2.53 bits per heavy atom. The second-order valence-electron chi connectivity index (χ2n) is 8.47. The number of nitrogens with zero attached hydrogens (tertiary/aromatic N) is 2. The molecule has 0 aromatic heterocycles. The van der Waals surface area contributed by atoms with Gasteiger partial charge in [-0.25, -0.2) is 0 Å². The summed E-state index contributed by atoms with van der Waals surface area (Å²) in [5.74, 6) is 0.527. The Morgan fingerprint density at radius 1 is 1.12 bits per heavy atom. The van der Waals surface area contributed by atoms with E-state index in [9.17, 15) is 14.7 Å². The number of imide groups is 1. The Hall–Kier alpha value is -2.58. The van der Waals surface area contributed by atoms with Gasteiger partial charge in [-0.1, -0.05) is 6.07 Å². The van der Waals surface area contributed by atoms with Crippen molar-refractivity contribution in [2.45, 2.75) is 39.2 Å². The molecule has 2 heterocycles. The largest absolute Gasteiger partial charge is 0.493 e. The molecule has 0 bridgehead atoms. The van der Waals surface area contributed by atoms with Crippen LogP contribution in [0, 0.1) is 5.92 Å². The van der Waals surface area contributed by atoms with Gasteiger partial charge in [0.2, 0.25) is 0 Å². The lowest BCUT2D eigenvalue weighted by atomic mass is 9.96. The summed E-state index contributed by atoms with van der Waals surface area (Å²) in [6.45, 7) is 5.96. The van der Waals surface area contributed by atoms with Gasteiger partial charge in [0.25, 0.3) is 11.8 Å². The van der Waals surface area contributed by atoms with Crippen LogP contribution in [0.5, 0.6) is 11.5 Å². The van der Waals surface area contributed by atoms with Crippen molar-refractivity contribution in [1.82, 2.24) is 9.80 Å². The van der Waals surface area contributed by atoms with Gasteiger partial charge < -0.3 is 24.2 Å². The van der Waals surface area contributed by atoms with Gasteiger partial charge in [-0.05, 0) is 56.7 Å². The zero-order valence-corrected chi connectivity index (χ0v) is 19.4. The number of piperidine rings is 1. The predicted octanol–water partition coefficient (Wildman–Crippen LogP) is 2.30. The van der Waals surface area contributed by atoms with E-state index in [0.29, 0.717) is 61.0 Å². The van der Waals surface area contributed by atoms with Crippen LogP contribution in [0.25, 0.3) is 5.57 Å². The highest BCUT2D eigenvalue weighted by Crippen LogP contribution is 2.37. The molecule has 2 amide bonds. The first-order valence-corrected chi connectivity index (χ1v) is 11.2. The lowest BCUT2D eigenvalue weighted by Crippen LogP contribution is -2.41. The van der Waals surface area contributed by atoms with E-state index in [2.05, 4.69) is 0 Å². The zero-order chi connectivity index (χ0) is 23.3. The minimum atomic E-state index is -0.312. The van der Waals surface area contributed by atoms with Crippen LogP contribution in [-0.2, 0) is 14.3 Å². The van der Waals surface area contributed by atoms with E-state index in [4.69, 9.17) is 14.2 Å². The second kappa shape index (κ2) is 10.8. The van der Waals surface area contributed by atoms with Crippen LogP contribution in [0.4, 0.5) is 0 Å². The molecule has 2 aliphatic heterocycles. The molecule has 0 saturated carbocycles. The van der Waals surface area contributed by atoms with E-state index < -0.39 is 0 Å². The summed E-state index contributed by atoms with van der Waals surface area (Å²) in [5.41, 5.74) is 1.40. The minimum absolute atomic E-state index is 0.0634. The molecule has 3 rings (SSSR count). The summed E-state index contributed by atoms with van der Waals surface area (Å²) >= 11 is 0. The van der Waals surface area contributed by atoms with Gasteiger partial charge in [-0.2, -0.15) is 0 Å². The molecule has 1 saturated heterocycles. The van der Waals surface area contributed by atoms with E-state index in [-0.39, 0.29) is 30.4 Å². The summed E-state index contributed by atoms with van der Waals surface area (Å²) in [6, 6.07) is 5.25. The number of likely N-dealkylation sites (tertiary alicyclic amines) is 1. The van der Waals surface area contributed by atoms with E-state index >= 15 is 0 Å². The number of aliphatic hydroxyl groups excluding tert-OH is 1. The number of rotatable bonds is 10. The van der Waals surface area contributed by atoms with Crippen molar-refractivity contribution in [2.75, 3.05) is 47.1 Å². The molecule has 0 spiro atoms. The number of ether oxygens (including phenoxy) is 3. The molecule has 1 unspecified atom stereocenters. The fourth-order valence-electron chi connectivity index (χ4n) is 4.27. The first kappa shape index (κ1) is 24.1. The van der Waals surface area contributed by atoms with Crippen molar-refractivity contribution in [3.8, 4) is 11.5 Å². The highest BCUT2D eigenvalue weighted by molar-refractivity contribution is 6.35. The van der Waals surface area contributed by atoms with Gasteiger partial charge in [0, 0.05) is 32.8 Å². The highest BCUT2D eigenvalue weighted by Gasteiger charge is 2.42. The average Bonchev–Trinajstić information content (AvgIpc) is 3.05. The number of aliphatic hydroxyl groups is 1. The average molecular weight is 447 g/mol. The highest BCUT2D eigenvalue weighted by atomic mass is 16.5. The number of benzene rings is 1. The normalized spacial score (nSPS) is 19.4. The Kier molecular flexibility index (Phi) is 8.15. The maximum atomic E-state index is 13.5. The van der Waals surface area contributed by atoms with Gasteiger partial charge in [0.1, 0.15) is 5.70 Å². The SMILES string of the molecule is COc1ccc(C2=C(N3CCCC(CO)C3)C(=O)N(CCCOC(C)C)C2=O)cc1OC. The quantitative estimate of drug-likeness (QED) is 0.436. The maximum absolute atomic E-state index is 13.5. The van der Waals surface area contributed by atoms with Crippen molar-refractivity contribution in [1.29, 1.82) is 0 Å². The standard InChI is InChI=1S/C24H34N2O6/c1-16(2)32-12-6-11-26-23(28)21(18-8-9-19(30-3)20(13-18)31-4)22(24(26)29)25-10-5-7-17(14-25)15-27/h8-9,13,16-17,27H,5-7,10-12,14-15H2,1-4H3. The Bertz CT molecular complexity index is 866. The molecule has 0 aliphatic carbocycles. The lowest BCUT2D eigenvalue weighted by molar-refractivity contribution is -0.138. The molecular formula is C24H34N2O6. The summed E-state index contributed by atoms with van der Waals surface area (Å²) < 4.78 is 16.3. The van der Waals surface area contributed by atoms with E-state index in [1.54, 1.807) is 25.3 Å². The molecule has 1 aromatic carbocycles. The van der Waals surface area contributed by atoms with Crippen LogP contribution in [-0.4, -0.2) is 79.9 Å². The summed E-state index contributed by atoms with van der Waals surface area (Å²) in [7, 11) is 3.09. The van der Waals surface area contributed by atoms with Crippen LogP contribution in [0.3, 0.4) is 0 Å². The first-order chi connectivity index (χ1) is 15.4. The summed E-state index contributed by atoms with van der Waals surface area (Å²) in [4.78, 5) is 30.2. The number of carbonyl (C=O) groups excluding carboxylic acids is 2. The zero-order valence-electron chi connectivity index (χ0n) is 19.4. The van der Waals surface area contributed by atoms with Crippen LogP contribution >= 0.6 is 0 Å². The van der Waals surface area contributed by atoms with Crippen LogP contribution in [0.2, 0.25) is 0 Å². The molecule has 8 nitrogen and oxygen atoms in total. The van der Waals surface area contributed by atoms with Crippen molar-refractivity contribution in [2.24, 2.45) is 5.92 Å². The number of amides is 2. The molecule has 1 fully saturated rings. The monoisotopic (exact) mass is 446 g/mol. The molecule has 1 N–H and O–H groups in total. The third-order valence-corrected chi connectivity index (χ3v) is 5.89. The van der Waals surface area contributed by atoms with Crippen LogP contribution in [0.15, 0.2) is 23.9 Å². The van der Waals surface area contributed by atoms with Gasteiger partial charge in [0.15, 0.2) is 11.5 Å². The van der Waals surface area contributed by atoms with Crippen molar-refractivity contribution in [3.63, 3.8) is 0 Å². The number of hydrogen-bond acceptors (Lipinski definition) is 7. The van der Waals surface area contributed by atoms with Gasteiger partial charge in [-0.15, -0.1) is 0 Å². The third-order valence-electron chi connectivity index (χ3n) is 5.89. The minimum Gasteiger partial charge on any atom is -0.493 e. The topological polar surface area (TPSA) is 88.5 Å². The fraction of sp³-hybridized carbons (Fsp3) is 0.583. The molecule has 2 aliphatic rings. The second-order valence-corrected chi connectivity index (χ2v) is 8.47. The van der Waals surface area contributed by atoms with E-state index in [0.717, 1.165) is 12.8 Å². The fourth-order valence-corrected chi connectivity index (χ4v) is 4.27. The number of hydrogen-bond donors (Lipinski definition) is 1. The smallest absolute Gasteiger partial charge is 0.277 e. The molecule has 32 heavy (non-hydrogen) atoms. The summed E-state index contributed by atoms with van der Waals surface area (Å²) in [6.07, 6.45) is 2.43. The predicted molar refractivity (Wildman–Crippen MR) is 120 cm³/mol.